The maximum Gasteiger partial charge on any atom is 0.255 e. The van der Waals surface area contributed by atoms with Gasteiger partial charge < -0.3 is 9.73 Å². The highest BCUT2D eigenvalue weighted by molar-refractivity contribution is 6.10. The Hall–Kier alpha value is -2.40. The summed E-state index contributed by atoms with van der Waals surface area (Å²) in [4.78, 5) is 28.0. The van der Waals surface area contributed by atoms with Gasteiger partial charge in [0.1, 0.15) is 11.5 Å². The number of fused-ring (bicyclic) bond motifs is 1. The monoisotopic (exact) mass is 394 g/mol. The van der Waals surface area contributed by atoms with Gasteiger partial charge in [-0.1, -0.05) is 43.2 Å². The molecule has 1 N–H and O–H groups in total. The Morgan fingerprint density at radius 2 is 1.79 bits per heavy atom. The van der Waals surface area contributed by atoms with Gasteiger partial charge >= 0.3 is 0 Å². The molecule has 0 spiro atoms. The number of carbonyl (C=O) groups is 2. The molecule has 0 radical (unpaired) electrons. The molecule has 0 unspecified atom stereocenters. The van der Waals surface area contributed by atoms with E-state index in [4.69, 9.17) is 4.42 Å². The Kier molecular flexibility index (Phi) is 6.14. The van der Waals surface area contributed by atoms with E-state index < -0.39 is 0 Å². The van der Waals surface area contributed by atoms with Crippen LogP contribution in [0.4, 0.5) is 0 Å². The summed E-state index contributed by atoms with van der Waals surface area (Å²) in [6, 6.07) is 10.5. The first-order chi connectivity index (χ1) is 14.1. The van der Waals surface area contributed by atoms with Crippen molar-refractivity contribution in [1.82, 2.24) is 10.2 Å². The number of carbonyl (C=O) groups excluding carboxylic acids is 2. The highest BCUT2D eigenvalue weighted by atomic mass is 16.3. The van der Waals surface area contributed by atoms with Gasteiger partial charge in [0.2, 0.25) is 0 Å². The first-order valence-electron chi connectivity index (χ1n) is 10.9. The molecule has 1 amide bonds. The number of hydrogen-bond acceptors (Lipinski definition) is 4. The molecule has 1 atom stereocenters. The number of amides is 1. The second-order valence-corrected chi connectivity index (χ2v) is 8.19. The second kappa shape index (κ2) is 8.95. The zero-order valence-corrected chi connectivity index (χ0v) is 17.2. The van der Waals surface area contributed by atoms with Gasteiger partial charge in [-0.25, -0.2) is 0 Å². The van der Waals surface area contributed by atoms with Crippen LogP contribution in [0.15, 0.2) is 34.7 Å². The highest BCUT2D eigenvalue weighted by Gasteiger charge is 2.31. The molecule has 4 rings (SSSR count). The van der Waals surface area contributed by atoms with E-state index in [2.05, 4.69) is 34.5 Å². The molecule has 1 aromatic carbocycles. The first kappa shape index (κ1) is 19.9. The maximum atomic E-state index is 13.1. The van der Waals surface area contributed by atoms with E-state index in [1.165, 1.54) is 31.2 Å². The first-order valence-corrected chi connectivity index (χ1v) is 10.9. The molecule has 5 heteroatoms. The van der Waals surface area contributed by atoms with Gasteiger partial charge in [0.15, 0.2) is 5.78 Å². The lowest BCUT2D eigenvalue weighted by Crippen LogP contribution is -2.39. The topological polar surface area (TPSA) is 62.6 Å². The summed E-state index contributed by atoms with van der Waals surface area (Å²) in [5.41, 5.74) is 2.17. The average Bonchev–Trinajstić information content (AvgIpc) is 2.89. The van der Waals surface area contributed by atoms with E-state index in [9.17, 15) is 9.59 Å². The number of rotatable bonds is 5. The minimum atomic E-state index is -0.196. The number of benzene rings is 1. The minimum Gasteiger partial charge on any atom is -0.465 e. The average molecular weight is 395 g/mol. The standard InChI is InChI=1S/C24H30N2O3/c1-17-22(23-20(27)12-9-13-21(23)29-17)24(28)25-16-19(18-10-5-4-6-11-18)26-14-7-2-3-8-15-26/h4-6,10-11,19H,2-3,7-9,12-16H2,1H3,(H,25,28)/t19-/m1/s1. The summed E-state index contributed by atoms with van der Waals surface area (Å²) in [6.07, 6.45) is 6.95. The summed E-state index contributed by atoms with van der Waals surface area (Å²) >= 11 is 0. The SMILES string of the molecule is Cc1oc2c(c1C(=O)NC[C@H](c1ccccc1)N1CCCCCC1)C(=O)CCC2. The molecule has 5 nitrogen and oxygen atoms in total. The number of ketones is 1. The molecule has 29 heavy (non-hydrogen) atoms. The fraction of sp³-hybridized carbons (Fsp3) is 0.500. The molecule has 1 saturated heterocycles. The summed E-state index contributed by atoms with van der Waals surface area (Å²) < 4.78 is 5.76. The van der Waals surface area contributed by atoms with Crippen molar-refractivity contribution in [2.75, 3.05) is 19.6 Å². The maximum absolute atomic E-state index is 13.1. The van der Waals surface area contributed by atoms with Crippen molar-refractivity contribution in [3.8, 4) is 0 Å². The zero-order valence-electron chi connectivity index (χ0n) is 17.2. The lowest BCUT2D eigenvalue weighted by atomic mass is 9.93. The number of aryl methyl sites for hydroxylation is 2. The molecule has 0 saturated carbocycles. The number of nitrogens with zero attached hydrogens (tertiary/aromatic N) is 1. The van der Waals surface area contributed by atoms with Crippen LogP contribution in [0.2, 0.25) is 0 Å². The summed E-state index contributed by atoms with van der Waals surface area (Å²) in [6.45, 7) is 4.41. The van der Waals surface area contributed by atoms with Gasteiger partial charge in [-0.2, -0.15) is 0 Å². The summed E-state index contributed by atoms with van der Waals surface area (Å²) in [5, 5.41) is 3.12. The van der Waals surface area contributed by atoms with Crippen molar-refractivity contribution in [3.63, 3.8) is 0 Å². The summed E-state index contributed by atoms with van der Waals surface area (Å²) in [5.74, 6) is 1.06. The van der Waals surface area contributed by atoms with E-state index in [0.717, 1.165) is 25.9 Å². The van der Waals surface area contributed by atoms with E-state index in [-0.39, 0.29) is 17.7 Å². The predicted molar refractivity (Wildman–Crippen MR) is 112 cm³/mol. The Labute approximate surface area is 172 Å². The fourth-order valence-corrected chi connectivity index (χ4v) is 4.70. The van der Waals surface area contributed by atoms with Gasteiger partial charge in [-0.3, -0.25) is 14.5 Å². The molecule has 1 aromatic heterocycles. The van der Waals surface area contributed by atoms with Crippen molar-refractivity contribution >= 4 is 11.7 Å². The number of likely N-dealkylation sites (tertiary alicyclic amines) is 1. The van der Waals surface area contributed by atoms with Gasteiger partial charge in [0.05, 0.1) is 17.2 Å². The Bertz CT molecular complexity index is 864. The Balaban J connectivity index is 1.54. The lowest BCUT2D eigenvalue weighted by Gasteiger charge is -2.31. The van der Waals surface area contributed by atoms with Crippen molar-refractivity contribution in [3.05, 3.63) is 58.5 Å². The molecule has 2 heterocycles. The van der Waals surface area contributed by atoms with Crippen LogP contribution in [0.25, 0.3) is 0 Å². The Morgan fingerprint density at radius 1 is 1.07 bits per heavy atom. The predicted octanol–water partition coefficient (Wildman–Crippen LogP) is 4.45. The van der Waals surface area contributed by atoms with Gasteiger partial charge in [0.25, 0.3) is 5.91 Å². The van der Waals surface area contributed by atoms with Crippen LogP contribution in [0.5, 0.6) is 0 Å². The van der Waals surface area contributed by atoms with E-state index in [1.54, 1.807) is 6.92 Å². The van der Waals surface area contributed by atoms with Crippen LogP contribution < -0.4 is 5.32 Å². The quantitative estimate of drug-likeness (QED) is 0.814. The van der Waals surface area contributed by atoms with Crippen LogP contribution in [0, 0.1) is 6.92 Å². The number of nitrogens with one attached hydrogen (secondary N) is 1. The molecule has 2 aliphatic rings. The van der Waals surface area contributed by atoms with Crippen LogP contribution in [-0.4, -0.2) is 36.2 Å². The molecule has 154 valence electrons. The number of furan rings is 1. The van der Waals surface area contributed by atoms with E-state index >= 15 is 0 Å². The molecule has 1 aliphatic heterocycles. The highest BCUT2D eigenvalue weighted by Crippen LogP contribution is 2.30. The van der Waals surface area contributed by atoms with Crippen molar-refractivity contribution in [2.45, 2.75) is 57.9 Å². The van der Waals surface area contributed by atoms with Gasteiger partial charge in [0, 0.05) is 19.4 Å². The van der Waals surface area contributed by atoms with Crippen molar-refractivity contribution in [1.29, 1.82) is 0 Å². The molecule has 1 fully saturated rings. The van der Waals surface area contributed by atoms with Crippen molar-refractivity contribution in [2.24, 2.45) is 0 Å². The molecule has 1 aliphatic carbocycles. The Morgan fingerprint density at radius 3 is 2.52 bits per heavy atom. The van der Waals surface area contributed by atoms with Crippen LogP contribution in [0.3, 0.4) is 0 Å². The minimum absolute atomic E-state index is 0.0281. The zero-order chi connectivity index (χ0) is 20.2. The number of Topliss-reactive ketones (excluding diaryl/α,β-unsaturated/α-hetero) is 1. The fourth-order valence-electron chi connectivity index (χ4n) is 4.70. The van der Waals surface area contributed by atoms with E-state index in [1.807, 2.05) is 6.07 Å². The van der Waals surface area contributed by atoms with Gasteiger partial charge in [-0.15, -0.1) is 0 Å². The number of hydrogen-bond donors (Lipinski definition) is 1. The normalized spacial score (nSPS) is 18.7. The molecular weight excluding hydrogens is 364 g/mol. The van der Waals surface area contributed by atoms with Crippen molar-refractivity contribution < 1.29 is 14.0 Å². The van der Waals surface area contributed by atoms with Crippen LogP contribution >= 0.6 is 0 Å². The van der Waals surface area contributed by atoms with E-state index in [0.29, 0.717) is 35.6 Å². The third-order valence-electron chi connectivity index (χ3n) is 6.19. The molecular formula is C24H30N2O3. The van der Waals surface area contributed by atoms with Crippen LogP contribution in [0.1, 0.15) is 82.4 Å². The smallest absolute Gasteiger partial charge is 0.255 e. The van der Waals surface area contributed by atoms with Gasteiger partial charge in [-0.05, 0) is 44.8 Å². The largest absolute Gasteiger partial charge is 0.465 e. The third kappa shape index (κ3) is 4.30. The third-order valence-corrected chi connectivity index (χ3v) is 6.19. The summed E-state index contributed by atoms with van der Waals surface area (Å²) in [7, 11) is 0. The molecule has 0 bridgehead atoms. The molecule has 2 aromatic rings. The van der Waals surface area contributed by atoms with Crippen LogP contribution in [-0.2, 0) is 6.42 Å². The second-order valence-electron chi connectivity index (χ2n) is 8.19. The lowest BCUT2D eigenvalue weighted by molar-refractivity contribution is 0.0913.